The molecule has 1 aromatic rings. The summed E-state index contributed by atoms with van der Waals surface area (Å²) in [5.41, 5.74) is 5.30. The number of rotatable bonds is 5. The molecule has 0 bridgehead atoms. The lowest BCUT2D eigenvalue weighted by Gasteiger charge is -1.89. The third kappa shape index (κ3) is 3.84. The maximum Gasteiger partial charge on any atom is 0.226 e. The highest BCUT2D eigenvalue weighted by molar-refractivity contribution is 7.89. The minimum atomic E-state index is -3.09. The van der Waals surface area contributed by atoms with E-state index >= 15 is 0 Å². The summed E-state index contributed by atoms with van der Waals surface area (Å²) in [5, 5.41) is 3.55. The van der Waals surface area contributed by atoms with Crippen LogP contribution in [0.1, 0.15) is 18.1 Å². The van der Waals surface area contributed by atoms with Gasteiger partial charge in [-0.05, 0) is 13.0 Å². The van der Waals surface area contributed by atoms with Crippen molar-refractivity contribution in [3.63, 3.8) is 0 Å². The van der Waals surface area contributed by atoms with Gasteiger partial charge in [0.25, 0.3) is 0 Å². The van der Waals surface area contributed by atoms with Gasteiger partial charge in [-0.3, -0.25) is 0 Å². The molecule has 1 aromatic heterocycles. The Labute approximate surface area is 82.4 Å². The van der Waals surface area contributed by atoms with E-state index in [-0.39, 0.29) is 11.6 Å². The average Bonchev–Trinajstić information content (AvgIpc) is 2.46. The van der Waals surface area contributed by atoms with Gasteiger partial charge in [0.2, 0.25) is 5.89 Å². The summed E-state index contributed by atoms with van der Waals surface area (Å²) in [7, 11) is -3.09. The predicted octanol–water partition coefficient (Wildman–Crippen LogP) is -0.494. The fraction of sp³-hybridized carbons (Fsp3) is 0.714. The summed E-state index contributed by atoms with van der Waals surface area (Å²) < 4.78 is 26.6. The molecule has 1 rings (SSSR count). The Morgan fingerprint density at radius 2 is 2.21 bits per heavy atom. The molecule has 0 saturated heterocycles. The summed E-state index contributed by atoms with van der Waals surface area (Å²) in [6, 6.07) is 0. The Hall–Kier alpha value is -0.950. The molecule has 0 aliphatic rings. The van der Waals surface area contributed by atoms with Gasteiger partial charge < -0.3 is 10.3 Å². The van der Waals surface area contributed by atoms with Gasteiger partial charge >= 0.3 is 0 Å². The van der Waals surface area contributed by atoms with Crippen LogP contribution in [0.25, 0.3) is 0 Å². The average molecular weight is 219 g/mol. The van der Waals surface area contributed by atoms with Crippen molar-refractivity contribution < 1.29 is 12.9 Å². The fourth-order valence-corrected chi connectivity index (χ4v) is 1.52. The molecule has 0 fully saturated rings. The van der Waals surface area contributed by atoms with Crippen molar-refractivity contribution >= 4 is 9.84 Å². The van der Waals surface area contributed by atoms with Crippen molar-refractivity contribution in [2.45, 2.75) is 18.6 Å². The van der Waals surface area contributed by atoms with Gasteiger partial charge in [0.05, 0.1) is 0 Å². The van der Waals surface area contributed by atoms with Gasteiger partial charge in [-0.25, -0.2) is 8.42 Å². The predicted molar refractivity (Wildman–Crippen MR) is 50.2 cm³/mol. The number of aromatic nitrogens is 2. The first-order valence-electron chi connectivity index (χ1n) is 4.20. The molecule has 0 aliphatic carbocycles. The van der Waals surface area contributed by atoms with Crippen LogP contribution in [-0.2, 0) is 22.0 Å². The quantitative estimate of drug-likeness (QED) is 0.717. The third-order valence-electron chi connectivity index (χ3n) is 1.50. The number of aryl methyl sites for hydroxylation is 1. The topological polar surface area (TPSA) is 99.1 Å². The van der Waals surface area contributed by atoms with Crippen LogP contribution in [-0.4, -0.2) is 31.4 Å². The molecule has 2 N–H and O–H groups in total. The lowest BCUT2D eigenvalue weighted by atomic mass is 10.3. The Morgan fingerprint density at radius 1 is 1.50 bits per heavy atom. The molecule has 0 atom stereocenters. The molecular weight excluding hydrogens is 206 g/mol. The first-order chi connectivity index (χ1) is 6.51. The van der Waals surface area contributed by atoms with E-state index in [9.17, 15) is 8.42 Å². The van der Waals surface area contributed by atoms with Crippen molar-refractivity contribution in [2.24, 2.45) is 5.73 Å². The first-order valence-corrected chi connectivity index (χ1v) is 6.26. The van der Waals surface area contributed by atoms with Gasteiger partial charge in [-0.1, -0.05) is 5.16 Å². The highest BCUT2D eigenvalue weighted by Gasteiger charge is 2.11. The van der Waals surface area contributed by atoms with Crippen LogP contribution in [0, 0.1) is 0 Å². The molecule has 14 heavy (non-hydrogen) atoms. The van der Waals surface area contributed by atoms with Crippen LogP contribution in [0.5, 0.6) is 0 Å². The first kappa shape index (κ1) is 11.1. The molecule has 0 saturated carbocycles. The molecule has 0 spiro atoms. The van der Waals surface area contributed by atoms with Gasteiger partial charge in [-0.2, -0.15) is 4.98 Å². The summed E-state index contributed by atoms with van der Waals surface area (Å²) in [6.45, 7) is 0.545. The van der Waals surface area contributed by atoms with E-state index in [0.717, 1.165) is 12.7 Å². The second-order valence-electron chi connectivity index (χ2n) is 3.07. The number of hydrogen-bond acceptors (Lipinski definition) is 6. The lowest BCUT2D eigenvalue weighted by Crippen LogP contribution is -2.03. The summed E-state index contributed by atoms with van der Waals surface area (Å²) in [4.78, 5) is 3.92. The Kier molecular flexibility index (Phi) is 3.59. The normalized spacial score (nSPS) is 11.9. The van der Waals surface area contributed by atoms with Crippen LogP contribution in [0.2, 0.25) is 0 Å². The molecule has 7 heteroatoms. The molecule has 80 valence electrons. The standard InChI is InChI=1S/C7H13N3O3S/c1-14(11,12)5-6-9-7(13-10-6)3-2-4-8/h2-5,8H2,1H3. The highest BCUT2D eigenvalue weighted by Crippen LogP contribution is 2.03. The van der Waals surface area contributed by atoms with E-state index in [4.69, 9.17) is 10.3 Å². The van der Waals surface area contributed by atoms with Gasteiger partial charge in [0.1, 0.15) is 5.75 Å². The zero-order chi connectivity index (χ0) is 10.6. The van der Waals surface area contributed by atoms with Crippen LogP contribution >= 0.6 is 0 Å². The van der Waals surface area contributed by atoms with Crippen LogP contribution in [0.3, 0.4) is 0 Å². The number of sulfone groups is 1. The van der Waals surface area contributed by atoms with Crippen molar-refractivity contribution in [1.29, 1.82) is 0 Å². The van der Waals surface area contributed by atoms with Gasteiger partial charge in [0, 0.05) is 12.7 Å². The fourth-order valence-electron chi connectivity index (χ4n) is 0.938. The minimum absolute atomic E-state index is 0.181. The zero-order valence-electron chi connectivity index (χ0n) is 7.93. The van der Waals surface area contributed by atoms with Gasteiger partial charge in [0.15, 0.2) is 15.7 Å². The summed E-state index contributed by atoms with van der Waals surface area (Å²) >= 11 is 0. The lowest BCUT2D eigenvalue weighted by molar-refractivity contribution is 0.372. The second kappa shape index (κ2) is 4.52. The molecular formula is C7H13N3O3S. The molecule has 0 aliphatic heterocycles. The molecule has 0 aromatic carbocycles. The number of nitrogens with zero attached hydrogens (tertiary/aromatic N) is 2. The monoisotopic (exact) mass is 219 g/mol. The minimum Gasteiger partial charge on any atom is -0.339 e. The van der Waals surface area contributed by atoms with Gasteiger partial charge in [-0.15, -0.1) is 0 Å². The van der Waals surface area contributed by atoms with Crippen molar-refractivity contribution in [1.82, 2.24) is 10.1 Å². The highest BCUT2D eigenvalue weighted by atomic mass is 32.2. The van der Waals surface area contributed by atoms with Crippen LogP contribution in [0.15, 0.2) is 4.52 Å². The van der Waals surface area contributed by atoms with E-state index < -0.39 is 9.84 Å². The van der Waals surface area contributed by atoms with Crippen molar-refractivity contribution in [3.05, 3.63) is 11.7 Å². The maximum atomic E-state index is 10.9. The smallest absolute Gasteiger partial charge is 0.226 e. The Balaban J connectivity index is 2.59. The number of hydrogen-bond donors (Lipinski definition) is 1. The van der Waals surface area contributed by atoms with Crippen molar-refractivity contribution in [3.8, 4) is 0 Å². The van der Waals surface area contributed by atoms with E-state index in [2.05, 4.69) is 10.1 Å². The molecule has 0 radical (unpaired) electrons. The SMILES string of the molecule is CS(=O)(=O)Cc1noc(CCCN)n1. The molecule has 1 heterocycles. The third-order valence-corrected chi connectivity index (χ3v) is 2.28. The van der Waals surface area contributed by atoms with E-state index in [1.54, 1.807) is 0 Å². The number of nitrogens with two attached hydrogens (primary N) is 1. The molecule has 0 unspecified atom stereocenters. The second-order valence-corrected chi connectivity index (χ2v) is 5.21. The largest absolute Gasteiger partial charge is 0.339 e. The molecule has 6 nitrogen and oxygen atoms in total. The Bertz CT molecular complexity index is 385. The molecule has 0 amide bonds. The van der Waals surface area contributed by atoms with E-state index in [1.165, 1.54) is 0 Å². The van der Waals surface area contributed by atoms with E-state index in [0.29, 0.717) is 18.9 Å². The van der Waals surface area contributed by atoms with E-state index in [1.807, 2.05) is 0 Å². The van der Waals surface area contributed by atoms with Crippen LogP contribution in [0.4, 0.5) is 0 Å². The summed E-state index contributed by atoms with van der Waals surface area (Å²) in [6.07, 6.45) is 2.47. The zero-order valence-corrected chi connectivity index (χ0v) is 8.75. The maximum absolute atomic E-state index is 10.9. The van der Waals surface area contributed by atoms with Crippen LogP contribution < -0.4 is 5.73 Å². The summed E-state index contributed by atoms with van der Waals surface area (Å²) in [5.74, 6) is 0.465. The Morgan fingerprint density at radius 3 is 2.79 bits per heavy atom. The van der Waals surface area contributed by atoms with Crippen molar-refractivity contribution in [2.75, 3.05) is 12.8 Å².